The predicted octanol–water partition coefficient (Wildman–Crippen LogP) is 2.69. The number of rotatable bonds is 0. The molecular formula is C12H8N2. The molecule has 0 aromatic heterocycles. The lowest BCUT2D eigenvalue weighted by atomic mass is 10.1. The largest absolute Gasteiger partial charge is 0.237 e. The molecule has 1 aliphatic carbocycles. The van der Waals surface area contributed by atoms with E-state index in [1.165, 1.54) is 5.56 Å². The Labute approximate surface area is 81.9 Å². The molecule has 0 radical (unpaired) electrons. The summed E-state index contributed by atoms with van der Waals surface area (Å²) in [5, 5.41) is 0. The van der Waals surface area contributed by atoms with E-state index in [9.17, 15) is 0 Å². The lowest BCUT2D eigenvalue weighted by Crippen LogP contribution is -1.80. The lowest BCUT2D eigenvalue weighted by molar-refractivity contribution is 1.25. The van der Waals surface area contributed by atoms with Gasteiger partial charge in [-0.25, -0.2) is 9.97 Å². The van der Waals surface area contributed by atoms with Crippen LogP contribution in [0.15, 0.2) is 48.8 Å². The fourth-order valence-corrected chi connectivity index (χ4v) is 1.60. The Morgan fingerprint density at radius 2 is 1.57 bits per heavy atom. The minimum absolute atomic E-state index is 0.799. The second-order valence-corrected chi connectivity index (χ2v) is 3.25. The van der Waals surface area contributed by atoms with Gasteiger partial charge in [-0.3, -0.25) is 0 Å². The van der Waals surface area contributed by atoms with Crippen molar-refractivity contribution in [3.63, 3.8) is 0 Å². The van der Waals surface area contributed by atoms with Gasteiger partial charge >= 0.3 is 0 Å². The number of nitrogens with zero attached hydrogens (tertiary/aromatic N) is 2. The van der Waals surface area contributed by atoms with Gasteiger partial charge < -0.3 is 0 Å². The standard InChI is InChI=1S/C12H8N2/c1-2-9-4-5-10-6-7-13-12(10)14-8-11(9)3-1/h1-8H. The van der Waals surface area contributed by atoms with E-state index in [4.69, 9.17) is 0 Å². The SMILES string of the molecule is c1cc2ccc3ccnc-3ncc-2c1. The van der Waals surface area contributed by atoms with E-state index in [-0.39, 0.29) is 0 Å². The van der Waals surface area contributed by atoms with E-state index >= 15 is 0 Å². The molecule has 2 heteroatoms. The van der Waals surface area contributed by atoms with Crippen molar-refractivity contribution in [1.82, 2.24) is 9.97 Å². The molecule has 2 heterocycles. The summed E-state index contributed by atoms with van der Waals surface area (Å²) in [6.07, 6.45) is 3.65. The molecule has 0 unspecified atom stereocenters. The van der Waals surface area contributed by atoms with Crippen LogP contribution in [0.2, 0.25) is 0 Å². The zero-order chi connectivity index (χ0) is 9.38. The van der Waals surface area contributed by atoms with E-state index in [1.54, 1.807) is 6.20 Å². The van der Waals surface area contributed by atoms with Gasteiger partial charge in [-0.15, -0.1) is 0 Å². The maximum Gasteiger partial charge on any atom is 0.159 e. The van der Waals surface area contributed by atoms with Crippen LogP contribution in [0.1, 0.15) is 0 Å². The van der Waals surface area contributed by atoms with Gasteiger partial charge in [0.1, 0.15) is 0 Å². The summed E-state index contributed by atoms with van der Waals surface area (Å²) in [7, 11) is 0. The van der Waals surface area contributed by atoms with Crippen molar-refractivity contribution in [3.05, 3.63) is 48.8 Å². The molecule has 66 valence electrons. The molecule has 3 aliphatic rings. The number of hydrogen-bond donors (Lipinski definition) is 0. The Bertz CT molecular complexity index is 426. The Kier molecular flexibility index (Phi) is 1.47. The van der Waals surface area contributed by atoms with E-state index in [0.29, 0.717) is 0 Å². The van der Waals surface area contributed by atoms with Crippen molar-refractivity contribution in [3.8, 4) is 22.5 Å². The van der Waals surface area contributed by atoms with Crippen LogP contribution < -0.4 is 0 Å². The molecule has 0 aromatic rings. The highest BCUT2D eigenvalue weighted by molar-refractivity contribution is 5.67. The van der Waals surface area contributed by atoms with Gasteiger partial charge in [0.05, 0.1) is 0 Å². The second-order valence-electron chi connectivity index (χ2n) is 3.25. The molecule has 0 spiro atoms. The topological polar surface area (TPSA) is 25.8 Å². The maximum absolute atomic E-state index is 4.33. The van der Waals surface area contributed by atoms with Crippen LogP contribution in [-0.2, 0) is 0 Å². The first-order chi connectivity index (χ1) is 6.93. The first kappa shape index (κ1) is 7.44. The zero-order valence-electron chi connectivity index (χ0n) is 7.51. The minimum Gasteiger partial charge on any atom is -0.237 e. The highest BCUT2D eigenvalue weighted by Gasteiger charge is 2.03. The third kappa shape index (κ3) is 1.04. The Hall–Kier alpha value is -1.96. The third-order valence-electron chi connectivity index (χ3n) is 2.36. The second kappa shape index (κ2) is 2.77. The number of hydrogen-bond acceptors (Lipinski definition) is 2. The molecular weight excluding hydrogens is 172 g/mol. The van der Waals surface area contributed by atoms with Crippen molar-refractivity contribution < 1.29 is 0 Å². The summed E-state index contributed by atoms with van der Waals surface area (Å²) in [6, 6.07) is 12.3. The normalized spacial score (nSPS) is 10.9. The Morgan fingerprint density at radius 3 is 2.57 bits per heavy atom. The highest BCUT2D eigenvalue weighted by atomic mass is 14.9. The van der Waals surface area contributed by atoms with Crippen LogP contribution in [0.3, 0.4) is 0 Å². The molecule has 2 nitrogen and oxygen atoms in total. The molecule has 0 amide bonds. The van der Waals surface area contributed by atoms with E-state index in [0.717, 1.165) is 17.0 Å². The fourth-order valence-electron chi connectivity index (χ4n) is 1.60. The van der Waals surface area contributed by atoms with Crippen molar-refractivity contribution >= 4 is 0 Å². The summed E-state index contributed by atoms with van der Waals surface area (Å²) in [6.45, 7) is 0. The molecule has 14 heavy (non-hydrogen) atoms. The van der Waals surface area contributed by atoms with E-state index < -0.39 is 0 Å². The Morgan fingerprint density at radius 1 is 0.714 bits per heavy atom. The predicted molar refractivity (Wildman–Crippen MR) is 55.3 cm³/mol. The van der Waals surface area contributed by atoms with Crippen LogP contribution in [0.25, 0.3) is 22.5 Å². The van der Waals surface area contributed by atoms with E-state index in [1.807, 2.05) is 18.3 Å². The van der Waals surface area contributed by atoms with Gasteiger partial charge in [0.2, 0.25) is 0 Å². The van der Waals surface area contributed by atoms with Crippen molar-refractivity contribution in [2.24, 2.45) is 0 Å². The summed E-state index contributed by atoms with van der Waals surface area (Å²) in [5.41, 5.74) is 3.43. The molecule has 0 saturated heterocycles. The smallest absolute Gasteiger partial charge is 0.159 e. The molecule has 3 rings (SSSR count). The maximum atomic E-state index is 4.33. The van der Waals surface area contributed by atoms with Gasteiger partial charge in [0.25, 0.3) is 0 Å². The van der Waals surface area contributed by atoms with Crippen molar-refractivity contribution in [2.75, 3.05) is 0 Å². The first-order valence-corrected chi connectivity index (χ1v) is 4.53. The molecule has 0 N–H and O–H groups in total. The van der Waals surface area contributed by atoms with Crippen LogP contribution in [0.5, 0.6) is 0 Å². The van der Waals surface area contributed by atoms with Gasteiger partial charge in [0.15, 0.2) is 5.82 Å². The molecule has 0 saturated carbocycles. The van der Waals surface area contributed by atoms with Gasteiger partial charge in [-0.1, -0.05) is 30.3 Å². The van der Waals surface area contributed by atoms with Crippen LogP contribution in [-0.4, -0.2) is 9.97 Å². The summed E-state index contributed by atoms with van der Waals surface area (Å²) < 4.78 is 0. The minimum atomic E-state index is 0.799. The number of aromatic nitrogens is 2. The quantitative estimate of drug-likeness (QED) is 0.531. The monoisotopic (exact) mass is 180 g/mol. The highest BCUT2D eigenvalue weighted by Crippen LogP contribution is 2.23. The van der Waals surface area contributed by atoms with Crippen molar-refractivity contribution in [1.29, 1.82) is 0 Å². The number of fused-ring (bicyclic) bond motifs is 2. The van der Waals surface area contributed by atoms with Crippen molar-refractivity contribution in [2.45, 2.75) is 0 Å². The molecule has 0 aromatic carbocycles. The van der Waals surface area contributed by atoms with Crippen LogP contribution in [0.4, 0.5) is 0 Å². The average Bonchev–Trinajstić information content (AvgIpc) is 2.75. The van der Waals surface area contributed by atoms with E-state index in [2.05, 4.69) is 34.2 Å². The molecule has 0 atom stereocenters. The molecule has 0 bridgehead atoms. The summed E-state index contributed by atoms with van der Waals surface area (Å²) in [5.74, 6) is 0.799. The third-order valence-corrected chi connectivity index (χ3v) is 2.36. The lowest BCUT2D eigenvalue weighted by Gasteiger charge is -1.95. The van der Waals surface area contributed by atoms with Gasteiger partial charge in [-0.2, -0.15) is 0 Å². The Balaban J connectivity index is 2.34. The molecule has 0 fully saturated rings. The summed E-state index contributed by atoms with van der Waals surface area (Å²) >= 11 is 0. The summed E-state index contributed by atoms with van der Waals surface area (Å²) in [4.78, 5) is 8.50. The fraction of sp³-hybridized carbons (Fsp3) is 0. The van der Waals surface area contributed by atoms with Gasteiger partial charge in [0, 0.05) is 23.5 Å². The van der Waals surface area contributed by atoms with Crippen LogP contribution in [0, 0.1) is 0 Å². The van der Waals surface area contributed by atoms with Crippen LogP contribution >= 0.6 is 0 Å². The zero-order valence-corrected chi connectivity index (χ0v) is 7.51. The molecule has 2 aliphatic heterocycles. The van der Waals surface area contributed by atoms with Gasteiger partial charge in [-0.05, 0) is 11.6 Å². The first-order valence-electron chi connectivity index (χ1n) is 4.53. The average molecular weight is 180 g/mol.